The second-order valence-corrected chi connectivity index (χ2v) is 6.03. The number of benzene rings is 1. The fourth-order valence-corrected chi connectivity index (χ4v) is 1.56. The third kappa shape index (κ3) is 3.57. The summed E-state index contributed by atoms with van der Waals surface area (Å²) in [5, 5.41) is 9.27. The topological polar surface area (TPSA) is 89.6 Å². The predicted octanol–water partition coefficient (Wildman–Crippen LogP) is 2.12. The number of carbonyl (C=O) groups excluding carboxylic acids is 1. The fourth-order valence-electron chi connectivity index (χ4n) is 1.56. The molecule has 0 aliphatic rings. The smallest absolute Gasteiger partial charge is 0.327 e. The van der Waals surface area contributed by atoms with Crippen LogP contribution in [0.15, 0.2) is 30.3 Å². The molecule has 0 radical (unpaired) electrons. The van der Waals surface area contributed by atoms with Gasteiger partial charge in [0.05, 0.1) is 5.41 Å². The molecule has 0 heterocycles. The molecule has 3 N–H and O–H groups in total. The highest BCUT2D eigenvalue weighted by Crippen LogP contribution is 2.31. The number of carboxylic acids is 1. The summed E-state index contributed by atoms with van der Waals surface area (Å²) in [6, 6.07) is 8.65. The average Bonchev–Trinajstić information content (AvgIpc) is 2.35. The summed E-state index contributed by atoms with van der Waals surface area (Å²) in [6.07, 6.45) is -1.05. The summed E-state index contributed by atoms with van der Waals surface area (Å²) in [5.74, 6) is -1.72. The summed E-state index contributed by atoms with van der Waals surface area (Å²) in [4.78, 5) is 23.4. The lowest BCUT2D eigenvalue weighted by atomic mass is 9.89. The Hall–Kier alpha value is -1.88. The first kappa shape index (κ1) is 16.2. The Bertz CT molecular complexity index is 488. The van der Waals surface area contributed by atoms with Crippen LogP contribution in [0.1, 0.15) is 39.4 Å². The van der Waals surface area contributed by atoms with E-state index >= 15 is 0 Å². The van der Waals surface area contributed by atoms with Crippen molar-refractivity contribution < 1.29 is 19.4 Å². The lowest BCUT2D eigenvalue weighted by Gasteiger charge is -2.32. The van der Waals surface area contributed by atoms with Gasteiger partial charge in [0.15, 0.2) is 11.6 Å². The highest BCUT2D eigenvalue weighted by molar-refractivity contribution is 5.81. The quantitative estimate of drug-likeness (QED) is 0.824. The second kappa shape index (κ2) is 5.63. The Morgan fingerprint density at radius 3 is 2.05 bits per heavy atom. The van der Waals surface area contributed by atoms with Crippen LogP contribution < -0.4 is 5.73 Å². The van der Waals surface area contributed by atoms with Gasteiger partial charge in [-0.1, -0.05) is 30.3 Å². The molecule has 0 bridgehead atoms. The zero-order valence-electron chi connectivity index (χ0n) is 12.2. The maximum atomic E-state index is 12.0. The molecule has 0 amide bonds. The highest BCUT2D eigenvalue weighted by atomic mass is 16.5. The molecule has 0 spiro atoms. The first-order chi connectivity index (χ1) is 9.06. The number of hydrogen-bond donors (Lipinski definition) is 2. The zero-order chi connectivity index (χ0) is 15.6. The second-order valence-electron chi connectivity index (χ2n) is 6.03. The van der Waals surface area contributed by atoms with E-state index in [-0.39, 0.29) is 0 Å². The molecule has 1 aromatic carbocycles. The SMILES string of the molecule is CC(C)(C)C(=O)O[C@@H](c1ccccc1)[C@@](C)(N)C(=O)O. The van der Waals surface area contributed by atoms with Crippen molar-refractivity contribution in [1.29, 1.82) is 0 Å². The molecule has 5 heteroatoms. The van der Waals surface area contributed by atoms with E-state index in [0.717, 1.165) is 0 Å². The van der Waals surface area contributed by atoms with Crippen LogP contribution in [-0.4, -0.2) is 22.6 Å². The molecule has 0 fully saturated rings. The van der Waals surface area contributed by atoms with Crippen molar-refractivity contribution in [2.75, 3.05) is 0 Å². The average molecular weight is 279 g/mol. The monoisotopic (exact) mass is 279 g/mol. The van der Waals surface area contributed by atoms with Crippen molar-refractivity contribution in [3.8, 4) is 0 Å². The Kier molecular flexibility index (Phi) is 4.55. The lowest BCUT2D eigenvalue weighted by Crippen LogP contribution is -2.52. The summed E-state index contributed by atoms with van der Waals surface area (Å²) < 4.78 is 5.38. The number of rotatable bonds is 4. The number of aliphatic carboxylic acids is 1. The Balaban J connectivity index is 3.17. The van der Waals surface area contributed by atoms with Gasteiger partial charge in [0.1, 0.15) is 0 Å². The van der Waals surface area contributed by atoms with Gasteiger partial charge in [-0.05, 0) is 33.3 Å². The number of ether oxygens (including phenoxy) is 1. The molecular weight excluding hydrogens is 258 g/mol. The molecule has 0 unspecified atom stereocenters. The molecule has 110 valence electrons. The van der Waals surface area contributed by atoms with Crippen molar-refractivity contribution in [2.24, 2.45) is 11.1 Å². The minimum atomic E-state index is -1.71. The summed E-state index contributed by atoms with van der Waals surface area (Å²) in [7, 11) is 0. The molecule has 0 aromatic heterocycles. The van der Waals surface area contributed by atoms with Crippen LogP contribution in [0, 0.1) is 5.41 Å². The van der Waals surface area contributed by atoms with Gasteiger partial charge in [-0.3, -0.25) is 9.59 Å². The molecule has 5 nitrogen and oxygen atoms in total. The van der Waals surface area contributed by atoms with E-state index in [1.807, 2.05) is 0 Å². The van der Waals surface area contributed by atoms with E-state index in [1.54, 1.807) is 51.1 Å². The standard InChI is InChI=1S/C15H21NO4/c1-14(2,3)13(19)20-11(15(4,16)12(17)18)10-8-6-5-7-9-10/h5-9,11H,16H2,1-4H3,(H,17,18)/t11-,15+/m0/s1. The van der Waals surface area contributed by atoms with E-state index in [9.17, 15) is 14.7 Å². The molecule has 1 rings (SSSR count). The van der Waals surface area contributed by atoms with Crippen molar-refractivity contribution >= 4 is 11.9 Å². The van der Waals surface area contributed by atoms with E-state index in [2.05, 4.69) is 0 Å². The molecule has 0 saturated carbocycles. The normalized spacial score (nSPS) is 16.1. The predicted molar refractivity (Wildman–Crippen MR) is 75.0 cm³/mol. The van der Waals surface area contributed by atoms with E-state index in [4.69, 9.17) is 10.5 Å². The number of hydrogen-bond acceptors (Lipinski definition) is 4. The molecule has 0 saturated heterocycles. The molecule has 20 heavy (non-hydrogen) atoms. The van der Waals surface area contributed by atoms with Gasteiger partial charge >= 0.3 is 11.9 Å². The molecule has 2 atom stereocenters. The van der Waals surface area contributed by atoms with Gasteiger partial charge in [0, 0.05) is 0 Å². The lowest BCUT2D eigenvalue weighted by molar-refractivity contribution is -0.167. The van der Waals surface area contributed by atoms with Crippen molar-refractivity contribution in [3.05, 3.63) is 35.9 Å². The van der Waals surface area contributed by atoms with Crippen molar-refractivity contribution in [1.82, 2.24) is 0 Å². The Morgan fingerprint density at radius 1 is 1.15 bits per heavy atom. The van der Waals surface area contributed by atoms with Crippen LogP contribution in [0.3, 0.4) is 0 Å². The summed E-state index contributed by atoms with van der Waals surface area (Å²) >= 11 is 0. The summed E-state index contributed by atoms with van der Waals surface area (Å²) in [5.41, 5.74) is 3.96. The highest BCUT2D eigenvalue weighted by Gasteiger charge is 2.43. The molecule has 0 aliphatic carbocycles. The van der Waals surface area contributed by atoms with Crippen LogP contribution >= 0.6 is 0 Å². The van der Waals surface area contributed by atoms with Crippen molar-refractivity contribution in [3.63, 3.8) is 0 Å². The van der Waals surface area contributed by atoms with E-state index in [0.29, 0.717) is 5.56 Å². The van der Waals surface area contributed by atoms with Gasteiger partial charge < -0.3 is 15.6 Å². The van der Waals surface area contributed by atoms with Crippen LogP contribution in [0.4, 0.5) is 0 Å². The third-order valence-corrected chi connectivity index (χ3v) is 2.95. The molecule has 0 aliphatic heterocycles. The number of nitrogens with two attached hydrogens (primary N) is 1. The molecular formula is C15H21NO4. The minimum absolute atomic E-state index is 0.496. The zero-order valence-corrected chi connectivity index (χ0v) is 12.2. The number of esters is 1. The van der Waals surface area contributed by atoms with Gasteiger partial charge in [0.2, 0.25) is 0 Å². The van der Waals surface area contributed by atoms with E-state index < -0.39 is 29.0 Å². The van der Waals surface area contributed by atoms with Gasteiger partial charge in [-0.25, -0.2) is 0 Å². The van der Waals surface area contributed by atoms with Gasteiger partial charge in [0.25, 0.3) is 0 Å². The van der Waals surface area contributed by atoms with Crippen LogP contribution in [-0.2, 0) is 14.3 Å². The Labute approximate surface area is 118 Å². The maximum absolute atomic E-state index is 12.0. The minimum Gasteiger partial charge on any atom is -0.480 e. The van der Waals surface area contributed by atoms with E-state index in [1.165, 1.54) is 6.92 Å². The van der Waals surface area contributed by atoms with Crippen LogP contribution in [0.25, 0.3) is 0 Å². The number of carbonyl (C=O) groups is 2. The van der Waals surface area contributed by atoms with Crippen LogP contribution in [0.2, 0.25) is 0 Å². The number of carboxylic acid groups (broad SMARTS) is 1. The first-order valence-corrected chi connectivity index (χ1v) is 6.35. The first-order valence-electron chi connectivity index (χ1n) is 6.35. The summed E-state index contributed by atoms with van der Waals surface area (Å²) in [6.45, 7) is 6.44. The van der Waals surface area contributed by atoms with Crippen molar-refractivity contribution in [2.45, 2.75) is 39.3 Å². The maximum Gasteiger partial charge on any atom is 0.327 e. The van der Waals surface area contributed by atoms with Gasteiger partial charge in [-0.2, -0.15) is 0 Å². The van der Waals surface area contributed by atoms with Gasteiger partial charge in [-0.15, -0.1) is 0 Å². The van der Waals surface area contributed by atoms with Crippen LogP contribution in [0.5, 0.6) is 0 Å². The third-order valence-electron chi connectivity index (χ3n) is 2.95. The molecule has 1 aromatic rings. The Morgan fingerprint density at radius 2 is 1.65 bits per heavy atom. The fraction of sp³-hybridized carbons (Fsp3) is 0.467. The largest absolute Gasteiger partial charge is 0.480 e.